The first-order chi connectivity index (χ1) is 10.6. The summed E-state index contributed by atoms with van der Waals surface area (Å²) in [6.07, 6.45) is 6.14. The predicted molar refractivity (Wildman–Crippen MR) is 87.8 cm³/mol. The number of hydrogen-bond acceptors (Lipinski definition) is 4. The lowest BCUT2D eigenvalue weighted by molar-refractivity contribution is 0.171. The molecule has 1 aromatic carbocycles. The van der Waals surface area contributed by atoms with E-state index in [1.54, 1.807) is 0 Å². The van der Waals surface area contributed by atoms with E-state index in [1.807, 2.05) is 37.3 Å². The average Bonchev–Trinajstić information content (AvgIpc) is 2.52. The molecule has 122 valence electrons. The molecule has 0 aromatic heterocycles. The van der Waals surface area contributed by atoms with Gasteiger partial charge in [0.15, 0.2) is 11.5 Å². The Morgan fingerprint density at radius 1 is 1.23 bits per heavy atom. The summed E-state index contributed by atoms with van der Waals surface area (Å²) in [6.45, 7) is 3.55. The van der Waals surface area contributed by atoms with E-state index < -0.39 is 10.0 Å². The lowest BCUT2D eigenvalue weighted by atomic mass is 10.1. The number of benzene rings is 1. The maximum absolute atomic E-state index is 11.6. The average molecular weight is 325 g/mol. The topological polar surface area (TPSA) is 64.6 Å². The van der Waals surface area contributed by atoms with Crippen molar-refractivity contribution >= 4 is 16.1 Å². The van der Waals surface area contributed by atoms with E-state index in [0.29, 0.717) is 32.6 Å². The number of unbranched alkanes of at least 4 members (excludes halogenated alkanes) is 1. The number of fused-ring (bicyclic) bond motifs is 1. The van der Waals surface area contributed by atoms with E-state index in [9.17, 15) is 8.42 Å². The minimum absolute atomic E-state index is 0.204. The number of sulfonamides is 1. The monoisotopic (exact) mass is 325 g/mol. The van der Waals surface area contributed by atoms with Crippen molar-refractivity contribution in [3.05, 3.63) is 29.8 Å². The van der Waals surface area contributed by atoms with E-state index in [4.69, 9.17) is 9.47 Å². The Labute approximate surface area is 132 Å². The maximum atomic E-state index is 11.6. The minimum atomic E-state index is -3.12. The van der Waals surface area contributed by atoms with E-state index >= 15 is 0 Å². The van der Waals surface area contributed by atoms with Gasteiger partial charge in [-0.2, -0.15) is 0 Å². The van der Waals surface area contributed by atoms with Crippen LogP contribution in [0.2, 0.25) is 0 Å². The van der Waals surface area contributed by atoms with Gasteiger partial charge in [0.1, 0.15) is 13.2 Å². The molecule has 0 spiro atoms. The molecular formula is C16H23NO4S. The first-order valence-corrected chi connectivity index (χ1v) is 9.29. The highest BCUT2D eigenvalue weighted by atomic mass is 32.2. The van der Waals surface area contributed by atoms with Crippen molar-refractivity contribution < 1.29 is 17.9 Å². The first-order valence-electron chi connectivity index (χ1n) is 7.64. The van der Waals surface area contributed by atoms with E-state index in [0.717, 1.165) is 23.5 Å². The van der Waals surface area contributed by atoms with Crippen LogP contribution < -0.4 is 14.2 Å². The van der Waals surface area contributed by atoms with Gasteiger partial charge in [-0.25, -0.2) is 13.1 Å². The molecule has 1 N–H and O–H groups in total. The van der Waals surface area contributed by atoms with E-state index in [-0.39, 0.29) is 5.75 Å². The summed E-state index contributed by atoms with van der Waals surface area (Å²) in [5, 5.41) is 0. The van der Waals surface area contributed by atoms with Gasteiger partial charge in [0.25, 0.3) is 0 Å². The van der Waals surface area contributed by atoms with Crippen LogP contribution in [0.3, 0.4) is 0 Å². The van der Waals surface area contributed by atoms with Crippen molar-refractivity contribution in [2.75, 3.05) is 25.5 Å². The lowest BCUT2D eigenvalue weighted by Gasteiger charge is -2.18. The van der Waals surface area contributed by atoms with Crippen LogP contribution in [0.5, 0.6) is 11.5 Å². The normalized spacial score (nSPS) is 14.4. The third-order valence-electron chi connectivity index (χ3n) is 3.28. The number of hydrogen-bond donors (Lipinski definition) is 1. The van der Waals surface area contributed by atoms with E-state index in [1.165, 1.54) is 0 Å². The smallest absolute Gasteiger partial charge is 0.211 e. The predicted octanol–water partition coefficient (Wildman–Crippen LogP) is 2.58. The molecule has 0 unspecified atom stereocenters. The molecule has 1 aliphatic heterocycles. The van der Waals surface area contributed by atoms with Crippen molar-refractivity contribution in [2.24, 2.45) is 0 Å². The molecule has 1 aliphatic rings. The fourth-order valence-corrected chi connectivity index (χ4v) is 3.33. The fraction of sp³-hybridized carbons (Fsp3) is 0.500. The van der Waals surface area contributed by atoms with Gasteiger partial charge in [0.2, 0.25) is 10.0 Å². The van der Waals surface area contributed by atoms with Gasteiger partial charge in [-0.15, -0.1) is 0 Å². The van der Waals surface area contributed by atoms with Gasteiger partial charge < -0.3 is 9.47 Å². The zero-order chi connectivity index (χ0) is 15.8. The zero-order valence-corrected chi connectivity index (χ0v) is 13.7. The van der Waals surface area contributed by atoms with E-state index in [2.05, 4.69) is 4.72 Å². The quantitative estimate of drug-likeness (QED) is 0.746. The second-order valence-electron chi connectivity index (χ2n) is 5.16. The van der Waals surface area contributed by atoms with Crippen LogP contribution in [0, 0.1) is 0 Å². The summed E-state index contributed by atoms with van der Waals surface area (Å²) in [5.41, 5.74) is 1.01. The standard InChI is InChI=1S/C16H23NO4S/c1-2-3-12-22(18,19)17-9-5-4-6-14-7-8-15-16(13-14)21-11-10-20-15/h4,6-8,13,17H,2-3,5,9-12H2,1H3/b6-4+. The second kappa shape index (κ2) is 8.19. The molecule has 1 heterocycles. The number of ether oxygens (including phenoxy) is 2. The molecule has 22 heavy (non-hydrogen) atoms. The molecule has 6 heteroatoms. The SMILES string of the molecule is CCCCS(=O)(=O)NCC/C=C/c1ccc2c(c1)OCCO2. The lowest BCUT2D eigenvalue weighted by Crippen LogP contribution is -2.27. The summed E-state index contributed by atoms with van der Waals surface area (Å²) in [6, 6.07) is 5.77. The summed E-state index contributed by atoms with van der Waals surface area (Å²) in [4.78, 5) is 0. The Balaban J connectivity index is 1.78. The van der Waals surface area contributed by atoms with Crippen LogP contribution >= 0.6 is 0 Å². The summed E-state index contributed by atoms with van der Waals surface area (Å²) in [5.74, 6) is 1.73. The van der Waals surface area contributed by atoms with Crippen LogP contribution in [0.1, 0.15) is 31.7 Å². The summed E-state index contributed by atoms with van der Waals surface area (Å²) in [7, 11) is -3.12. The Morgan fingerprint density at radius 2 is 2.00 bits per heavy atom. The molecule has 1 aromatic rings. The van der Waals surface area contributed by atoms with Crippen molar-refractivity contribution in [2.45, 2.75) is 26.2 Å². The van der Waals surface area contributed by atoms with Crippen LogP contribution in [0.25, 0.3) is 6.08 Å². The minimum Gasteiger partial charge on any atom is -0.486 e. The third-order valence-corrected chi connectivity index (χ3v) is 4.75. The molecule has 0 saturated heterocycles. The largest absolute Gasteiger partial charge is 0.486 e. The first kappa shape index (κ1) is 16.8. The van der Waals surface area contributed by atoms with Gasteiger partial charge in [-0.05, 0) is 30.5 Å². The molecule has 2 rings (SSSR count). The molecule has 0 amide bonds. The Hall–Kier alpha value is -1.53. The molecule has 0 fully saturated rings. The van der Waals surface area contributed by atoms with Gasteiger partial charge in [0, 0.05) is 6.54 Å². The van der Waals surface area contributed by atoms with Crippen LogP contribution in [-0.4, -0.2) is 33.9 Å². The maximum Gasteiger partial charge on any atom is 0.211 e. The number of nitrogens with one attached hydrogen (secondary N) is 1. The van der Waals surface area contributed by atoms with Crippen molar-refractivity contribution in [3.8, 4) is 11.5 Å². The Bertz CT molecular complexity index is 611. The third kappa shape index (κ3) is 5.35. The molecule has 0 aliphatic carbocycles. The zero-order valence-electron chi connectivity index (χ0n) is 12.9. The van der Waals surface area contributed by atoms with Gasteiger partial charge >= 0.3 is 0 Å². The Morgan fingerprint density at radius 3 is 2.77 bits per heavy atom. The van der Waals surface area contributed by atoms with Gasteiger partial charge in [0.05, 0.1) is 5.75 Å². The molecule has 0 atom stereocenters. The van der Waals surface area contributed by atoms with Crippen molar-refractivity contribution in [1.82, 2.24) is 4.72 Å². The molecule has 0 saturated carbocycles. The van der Waals surface area contributed by atoms with Gasteiger partial charge in [-0.1, -0.05) is 31.6 Å². The summed E-state index contributed by atoms with van der Waals surface area (Å²) < 4.78 is 36.8. The number of rotatable bonds is 8. The van der Waals surface area contributed by atoms with Crippen molar-refractivity contribution in [1.29, 1.82) is 0 Å². The second-order valence-corrected chi connectivity index (χ2v) is 7.09. The highest BCUT2D eigenvalue weighted by molar-refractivity contribution is 7.89. The molecular weight excluding hydrogens is 302 g/mol. The molecule has 0 radical (unpaired) electrons. The van der Waals surface area contributed by atoms with Gasteiger partial charge in [-0.3, -0.25) is 0 Å². The Kier molecular flexibility index (Phi) is 6.27. The van der Waals surface area contributed by atoms with Crippen molar-refractivity contribution in [3.63, 3.8) is 0 Å². The highest BCUT2D eigenvalue weighted by Crippen LogP contribution is 2.31. The highest BCUT2D eigenvalue weighted by Gasteiger charge is 2.10. The summed E-state index contributed by atoms with van der Waals surface area (Å²) >= 11 is 0. The van der Waals surface area contributed by atoms with Crippen LogP contribution in [0.4, 0.5) is 0 Å². The molecule has 0 bridgehead atoms. The molecule has 5 nitrogen and oxygen atoms in total. The van der Waals surface area contributed by atoms with Crippen LogP contribution in [-0.2, 0) is 10.0 Å². The van der Waals surface area contributed by atoms with Crippen LogP contribution in [0.15, 0.2) is 24.3 Å². The fourth-order valence-electron chi connectivity index (χ4n) is 2.09.